The summed E-state index contributed by atoms with van der Waals surface area (Å²) in [5.41, 5.74) is 3.57. The summed E-state index contributed by atoms with van der Waals surface area (Å²) >= 11 is 0. The highest BCUT2D eigenvalue weighted by atomic mass is 32.2. The molecule has 0 fully saturated rings. The minimum absolute atomic E-state index is 0.190. The van der Waals surface area contributed by atoms with Crippen molar-refractivity contribution >= 4 is 21.4 Å². The molecule has 0 spiro atoms. The molecule has 6 heteroatoms. The SMILES string of the molecule is CCN(CC(=NNS(=O)(=O)c1ccc(C)cc1)c1ccccc1)c1ccccc1. The molecular formula is C23H25N3O2S. The molecule has 0 aliphatic carbocycles. The first kappa shape index (κ1) is 20.6. The molecule has 0 saturated carbocycles. The van der Waals surface area contributed by atoms with Gasteiger partial charge in [-0.1, -0.05) is 66.2 Å². The number of benzene rings is 3. The summed E-state index contributed by atoms with van der Waals surface area (Å²) in [4.78, 5) is 4.74. The quantitative estimate of drug-likeness (QED) is 0.450. The van der Waals surface area contributed by atoms with Crippen LogP contribution < -0.4 is 9.73 Å². The van der Waals surface area contributed by atoms with Crippen molar-refractivity contribution in [2.24, 2.45) is 5.10 Å². The maximum Gasteiger partial charge on any atom is 0.276 e. The number of nitrogens with one attached hydrogen (secondary N) is 1. The Morgan fingerprint density at radius 2 is 1.48 bits per heavy atom. The lowest BCUT2D eigenvalue weighted by atomic mass is 10.1. The van der Waals surface area contributed by atoms with E-state index in [1.165, 1.54) is 0 Å². The number of anilines is 1. The molecule has 0 amide bonds. The summed E-state index contributed by atoms with van der Waals surface area (Å²) in [7, 11) is -3.74. The van der Waals surface area contributed by atoms with Gasteiger partial charge in [0.15, 0.2) is 0 Å². The zero-order chi connectivity index (χ0) is 20.7. The van der Waals surface area contributed by atoms with E-state index in [-0.39, 0.29) is 4.90 Å². The number of sulfonamides is 1. The fraction of sp³-hybridized carbons (Fsp3) is 0.174. The van der Waals surface area contributed by atoms with Crippen LogP contribution in [0.15, 0.2) is 94.9 Å². The van der Waals surface area contributed by atoms with Gasteiger partial charge in [0, 0.05) is 12.2 Å². The fourth-order valence-corrected chi connectivity index (χ4v) is 3.74. The van der Waals surface area contributed by atoms with E-state index in [1.54, 1.807) is 24.3 Å². The lowest BCUT2D eigenvalue weighted by molar-refractivity contribution is 0.584. The van der Waals surface area contributed by atoms with Crippen LogP contribution in [0.4, 0.5) is 5.69 Å². The third-order valence-corrected chi connectivity index (χ3v) is 5.81. The number of hydrogen-bond acceptors (Lipinski definition) is 4. The maximum absolute atomic E-state index is 12.7. The molecule has 1 N–H and O–H groups in total. The molecule has 0 bridgehead atoms. The highest BCUT2D eigenvalue weighted by molar-refractivity contribution is 7.89. The van der Waals surface area contributed by atoms with E-state index in [4.69, 9.17) is 0 Å². The average molecular weight is 408 g/mol. The van der Waals surface area contributed by atoms with Crippen LogP contribution in [0.25, 0.3) is 0 Å². The monoisotopic (exact) mass is 407 g/mol. The Morgan fingerprint density at radius 1 is 0.897 bits per heavy atom. The van der Waals surface area contributed by atoms with Crippen LogP contribution in [0, 0.1) is 6.92 Å². The fourth-order valence-electron chi connectivity index (χ4n) is 2.91. The van der Waals surface area contributed by atoms with E-state index in [9.17, 15) is 8.42 Å². The molecule has 0 unspecified atom stereocenters. The van der Waals surface area contributed by atoms with Gasteiger partial charge in [0.05, 0.1) is 17.2 Å². The maximum atomic E-state index is 12.7. The van der Waals surface area contributed by atoms with Gasteiger partial charge >= 0.3 is 0 Å². The number of hydrogen-bond donors (Lipinski definition) is 1. The second kappa shape index (κ2) is 9.39. The van der Waals surface area contributed by atoms with Crippen molar-refractivity contribution in [3.8, 4) is 0 Å². The molecular weight excluding hydrogens is 382 g/mol. The number of aryl methyl sites for hydroxylation is 1. The van der Waals surface area contributed by atoms with E-state index in [0.29, 0.717) is 12.3 Å². The van der Waals surface area contributed by atoms with Crippen LogP contribution in [0.3, 0.4) is 0 Å². The molecule has 0 heterocycles. The van der Waals surface area contributed by atoms with Gasteiger partial charge in [-0.05, 0) is 43.7 Å². The summed E-state index contributed by atoms with van der Waals surface area (Å²) in [5, 5.41) is 4.31. The number of rotatable bonds is 8. The van der Waals surface area contributed by atoms with Crippen LogP contribution in [0.5, 0.6) is 0 Å². The molecule has 0 aliphatic heterocycles. The van der Waals surface area contributed by atoms with E-state index in [2.05, 4.69) is 21.8 Å². The average Bonchev–Trinajstić information content (AvgIpc) is 2.75. The number of nitrogens with zero attached hydrogens (tertiary/aromatic N) is 2. The minimum atomic E-state index is -3.74. The smallest absolute Gasteiger partial charge is 0.276 e. The first-order valence-corrected chi connectivity index (χ1v) is 11.0. The molecule has 3 aromatic carbocycles. The van der Waals surface area contributed by atoms with E-state index < -0.39 is 10.0 Å². The lowest BCUT2D eigenvalue weighted by Crippen LogP contribution is -2.32. The Morgan fingerprint density at radius 3 is 2.07 bits per heavy atom. The lowest BCUT2D eigenvalue weighted by Gasteiger charge is -2.24. The number of hydrazone groups is 1. The van der Waals surface area contributed by atoms with Crippen LogP contribution in [-0.2, 0) is 10.0 Å². The van der Waals surface area contributed by atoms with E-state index >= 15 is 0 Å². The predicted octanol–water partition coefficient (Wildman–Crippen LogP) is 4.20. The van der Waals surface area contributed by atoms with Gasteiger partial charge in [-0.15, -0.1) is 0 Å². The van der Waals surface area contributed by atoms with E-state index in [0.717, 1.165) is 23.4 Å². The van der Waals surface area contributed by atoms with E-state index in [1.807, 2.05) is 67.6 Å². The van der Waals surface area contributed by atoms with Gasteiger partial charge in [0.25, 0.3) is 10.0 Å². The zero-order valence-electron chi connectivity index (χ0n) is 16.6. The standard InChI is InChI=1S/C23H25N3O2S/c1-3-26(21-12-8-5-9-13-21)18-23(20-10-6-4-7-11-20)24-25-29(27,28)22-16-14-19(2)15-17-22/h4-17,25H,3,18H2,1-2H3. The second-order valence-electron chi connectivity index (χ2n) is 6.68. The molecule has 3 aromatic rings. The first-order valence-electron chi connectivity index (χ1n) is 9.50. The largest absolute Gasteiger partial charge is 0.366 e. The van der Waals surface area contributed by atoms with Crippen LogP contribution >= 0.6 is 0 Å². The van der Waals surface area contributed by atoms with Gasteiger partial charge in [-0.3, -0.25) is 0 Å². The van der Waals surface area contributed by atoms with Crippen molar-refractivity contribution in [3.05, 3.63) is 96.1 Å². The van der Waals surface area contributed by atoms with Crippen molar-refractivity contribution in [1.29, 1.82) is 0 Å². The van der Waals surface area contributed by atoms with Crippen LogP contribution in [-0.4, -0.2) is 27.2 Å². The third-order valence-electron chi connectivity index (χ3n) is 4.58. The molecule has 0 saturated heterocycles. The van der Waals surface area contributed by atoms with Gasteiger partial charge in [0.2, 0.25) is 0 Å². The molecule has 0 radical (unpaired) electrons. The van der Waals surface area contributed by atoms with Crippen molar-refractivity contribution in [3.63, 3.8) is 0 Å². The van der Waals surface area contributed by atoms with Gasteiger partial charge in [-0.2, -0.15) is 18.4 Å². The highest BCUT2D eigenvalue weighted by Crippen LogP contribution is 2.15. The summed E-state index contributed by atoms with van der Waals surface area (Å²) in [6.45, 7) is 5.21. The third kappa shape index (κ3) is 5.45. The Balaban J connectivity index is 1.90. The molecule has 0 atom stereocenters. The van der Waals surface area contributed by atoms with Crippen molar-refractivity contribution < 1.29 is 8.42 Å². The Kier molecular flexibility index (Phi) is 6.67. The Labute approximate surface area is 172 Å². The predicted molar refractivity (Wildman–Crippen MR) is 119 cm³/mol. The molecule has 29 heavy (non-hydrogen) atoms. The number of para-hydroxylation sites is 1. The van der Waals surface area contributed by atoms with Gasteiger partial charge < -0.3 is 4.90 Å². The van der Waals surface area contributed by atoms with Crippen LogP contribution in [0.2, 0.25) is 0 Å². The van der Waals surface area contributed by atoms with Crippen molar-refractivity contribution in [2.45, 2.75) is 18.7 Å². The molecule has 0 aromatic heterocycles. The second-order valence-corrected chi connectivity index (χ2v) is 8.34. The van der Waals surface area contributed by atoms with Gasteiger partial charge in [-0.25, -0.2) is 0 Å². The topological polar surface area (TPSA) is 61.8 Å². The van der Waals surface area contributed by atoms with Crippen molar-refractivity contribution in [1.82, 2.24) is 4.83 Å². The van der Waals surface area contributed by atoms with Gasteiger partial charge in [0.1, 0.15) is 0 Å². The number of likely N-dealkylation sites (N-methyl/N-ethyl adjacent to an activating group) is 1. The summed E-state index contributed by atoms with van der Waals surface area (Å²) in [6.07, 6.45) is 0. The van der Waals surface area contributed by atoms with Crippen LogP contribution in [0.1, 0.15) is 18.1 Å². The highest BCUT2D eigenvalue weighted by Gasteiger charge is 2.15. The normalized spacial score (nSPS) is 11.9. The zero-order valence-corrected chi connectivity index (χ0v) is 17.4. The summed E-state index contributed by atoms with van der Waals surface area (Å²) < 4.78 is 25.3. The first-order chi connectivity index (χ1) is 14.0. The molecule has 3 rings (SSSR count). The van der Waals surface area contributed by atoms with Crippen molar-refractivity contribution in [2.75, 3.05) is 18.0 Å². The summed E-state index contributed by atoms with van der Waals surface area (Å²) in [5.74, 6) is 0. The Hall–Kier alpha value is -3.12. The Bertz CT molecular complexity index is 1050. The molecule has 0 aliphatic rings. The minimum Gasteiger partial charge on any atom is -0.366 e. The molecule has 150 valence electrons. The molecule has 5 nitrogen and oxygen atoms in total. The summed E-state index contributed by atoms with van der Waals surface area (Å²) in [6, 6.07) is 26.3.